The minimum Gasteiger partial charge on any atom is -0.367 e. The summed E-state index contributed by atoms with van der Waals surface area (Å²) in [6.45, 7) is 3.67. The molecule has 0 spiro atoms. The molecule has 0 aromatic heterocycles. The number of hydrogen-bond acceptors (Lipinski definition) is 4. The van der Waals surface area contributed by atoms with Crippen LogP contribution in [0.2, 0.25) is 0 Å². The molecule has 1 saturated heterocycles. The third-order valence-corrected chi connectivity index (χ3v) is 3.54. The van der Waals surface area contributed by atoms with E-state index in [0.29, 0.717) is 11.6 Å². The van der Waals surface area contributed by atoms with Crippen molar-refractivity contribution in [3.63, 3.8) is 0 Å². The van der Waals surface area contributed by atoms with Gasteiger partial charge in [0.2, 0.25) is 0 Å². The van der Waals surface area contributed by atoms with Gasteiger partial charge in [-0.1, -0.05) is 6.07 Å². The fraction of sp³-hybridized carbons (Fsp3) is 0.538. The van der Waals surface area contributed by atoms with Gasteiger partial charge in [-0.2, -0.15) is 0 Å². The predicted molar refractivity (Wildman–Crippen MR) is 72.1 cm³/mol. The third kappa shape index (κ3) is 2.46. The van der Waals surface area contributed by atoms with Crippen molar-refractivity contribution in [3.05, 3.63) is 33.9 Å². The van der Waals surface area contributed by atoms with Crippen molar-refractivity contribution in [2.45, 2.75) is 25.8 Å². The largest absolute Gasteiger partial charge is 0.367 e. The average molecular weight is 249 g/mol. The highest BCUT2D eigenvalue weighted by Gasteiger charge is 2.25. The number of nitrogens with one attached hydrogen (secondary N) is 1. The zero-order valence-electron chi connectivity index (χ0n) is 10.8. The lowest BCUT2D eigenvalue weighted by Crippen LogP contribution is -2.36. The highest BCUT2D eigenvalue weighted by molar-refractivity contribution is 5.57. The second-order valence-electron chi connectivity index (χ2n) is 4.78. The summed E-state index contributed by atoms with van der Waals surface area (Å²) in [7, 11) is 1.94. The molecule has 0 saturated carbocycles. The van der Waals surface area contributed by atoms with Crippen LogP contribution in [0.1, 0.15) is 18.4 Å². The number of nitro benzene ring substituents is 1. The third-order valence-electron chi connectivity index (χ3n) is 3.54. The van der Waals surface area contributed by atoms with Gasteiger partial charge < -0.3 is 10.2 Å². The molecule has 0 aliphatic carbocycles. The molecule has 0 radical (unpaired) electrons. The second-order valence-corrected chi connectivity index (χ2v) is 4.78. The summed E-state index contributed by atoms with van der Waals surface area (Å²) >= 11 is 0. The highest BCUT2D eigenvalue weighted by atomic mass is 16.6. The van der Waals surface area contributed by atoms with Crippen molar-refractivity contribution in [2.75, 3.05) is 25.0 Å². The Morgan fingerprint density at radius 1 is 1.56 bits per heavy atom. The van der Waals surface area contributed by atoms with Crippen molar-refractivity contribution in [1.29, 1.82) is 0 Å². The van der Waals surface area contributed by atoms with Gasteiger partial charge in [-0.05, 0) is 32.9 Å². The Kier molecular flexibility index (Phi) is 3.81. The number of benzene rings is 1. The molecule has 0 amide bonds. The lowest BCUT2D eigenvalue weighted by Gasteiger charge is -2.26. The van der Waals surface area contributed by atoms with Gasteiger partial charge in [0, 0.05) is 36.4 Å². The average Bonchev–Trinajstić information content (AvgIpc) is 2.78. The Morgan fingerprint density at radius 2 is 2.33 bits per heavy atom. The van der Waals surface area contributed by atoms with Crippen LogP contribution in [0, 0.1) is 17.0 Å². The lowest BCUT2D eigenvalue weighted by molar-refractivity contribution is -0.385. The number of nitrogens with zero attached hydrogens (tertiary/aromatic N) is 2. The van der Waals surface area contributed by atoms with Crippen LogP contribution >= 0.6 is 0 Å². The highest BCUT2D eigenvalue weighted by Crippen LogP contribution is 2.30. The van der Waals surface area contributed by atoms with Crippen LogP contribution in [0.25, 0.3) is 0 Å². The molecule has 1 aromatic rings. The first-order valence-corrected chi connectivity index (χ1v) is 6.29. The molecule has 1 fully saturated rings. The molecule has 1 atom stereocenters. The van der Waals surface area contributed by atoms with Crippen molar-refractivity contribution in [3.8, 4) is 0 Å². The summed E-state index contributed by atoms with van der Waals surface area (Å²) in [6, 6.07) is 5.96. The topological polar surface area (TPSA) is 58.4 Å². The zero-order valence-corrected chi connectivity index (χ0v) is 10.8. The monoisotopic (exact) mass is 249 g/mol. The molecule has 18 heavy (non-hydrogen) atoms. The van der Waals surface area contributed by atoms with Crippen molar-refractivity contribution in [2.24, 2.45) is 0 Å². The zero-order chi connectivity index (χ0) is 13.1. The molecule has 1 heterocycles. The van der Waals surface area contributed by atoms with Gasteiger partial charge in [-0.15, -0.1) is 0 Å². The molecular weight excluding hydrogens is 230 g/mol. The predicted octanol–water partition coefficient (Wildman–Crippen LogP) is 2.09. The summed E-state index contributed by atoms with van der Waals surface area (Å²) in [5.41, 5.74) is 1.89. The number of anilines is 1. The van der Waals surface area contributed by atoms with Crippen LogP contribution in [0.15, 0.2) is 18.2 Å². The first-order chi connectivity index (χ1) is 8.63. The number of hydrogen-bond donors (Lipinski definition) is 1. The molecule has 5 nitrogen and oxygen atoms in total. The van der Waals surface area contributed by atoms with Crippen LogP contribution in [0.4, 0.5) is 11.4 Å². The number of rotatable bonds is 4. The second kappa shape index (κ2) is 5.35. The van der Waals surface area contributed by atoms with E-state index in [9.17, 15) is 10.1 Å². The Labute approximate surface area is 107 Å². The van der Waals surface area contributed by atoms with E-state index in [1.165, 1.54) is 0 Å². The van der Waals surface area contributed by atoms with Gasteiger partial charge in [-0.3, -0.25) is 10.1 Å². The smallest absolute Gasteiger partial charge is 0.274 e. The molecular formula is C13H19N3O2. The molecule has 0 bridgehead atoms. The maximum Gasteiger partial charge on any atom is 0.274 e. The van der Waals surface area contributed by atoms with Gasteiger partial charge in [0.1, 0.15) is 0 Å². The van der Waals surface area contributed by atoms with E-state index in [-0.39, 0.29) is 10.6 Å². The quantitative estimate of drug-likeness (QED) is 0.655. The van der Waals surface area contributed by atoms with Crippen LogP contribution in [0.5, 0.6) is 0 Å². The van der Waals surface area contributed by atoms with Gasteiger partial charge in [0.05, 0.1) is 4.92 Å². The van der Waals surface area contributed by atoms with Crippen LogP contribution in [0.3, 0.4) is 0 Å². The van der Waals surface area contributed by atoms with Crippen LogP contribution in [-0.2, 0) is 0 Å². The minimum absolute atomic E-state index is 0.211. The van der Waals surface area contributed by atoms with Gasteiger partial charge >= 0.3 is 0 Å². The first kappa shape index (κ1) is 12.8. The SMILES string of the molecule is CNCC1CCCN1c1ccc(C)c([N+](=O)[O-])c1. The number of likely N-dealkylation sites (N-methyl/N-ethyl adjacent to an activating group) is 1. The molecule has 1 aromatic carbocycles. The van der Waals surface area contributed by atoms with E-state index in [1.54, 1.807) is 13.0 Å². The van der Waals surface area contributed by atoms with Crippen molar-refractivity contribution >= 4 is 11.4 Å². The van der Waals surface area contributed by atoms with Gasteiger partial charge in [0.15, 0.2) is 0 Å². The van der Waals surface area contributed by atoms with E-state index in [2.05, 4.69) is 10.2 Å². The van der Waals surface area contributed by atoms with Gasteiger partial charge in [0.25, 0.3) is 5.69 Å². The molecule has 1 aliphatic rings. The van der Waals surface area contributed by atoms with Crippen LogP contribution in [-0.4, -0.2) is 31.1 Å². The summed E-state index contributed by atoms with van der Waals surface area (Å²) in [4.78, 5) is 12.9. The maximum absolute atomic E-state index is 11.0. The minimum atomic E-state index is -0.304. The molecule has 1 N–H and O–H groups in total. The standard InChI is InChI=1S/C13H19N3O2/c1-10-5-6-11(8-13(10)16(17)18)15-7-3-4-12(15)9-14-2/h5-6,8,12,14H,3-4,7,9H2,1-2H3. The van der Waals surface area contributed by atoms with E-state index in [0.717, 1.165) is 31.6 Å². The molecule has 2 rings (SSSR count). The normalized spacial score (nSPS) is 19.2. The summed E-state index contributed by atoms with van der Waals surface area (Å²) in [5, 5.41) is 14.2. The molecule has 1 aliphatic heterocycles. The van der Waals surface area contributed by atoms with Crippen LogP contribution < -0.4 is 10.2 Å². The molecule has 1 unspecified atom stereocenters. The maximum atomic E-state index is 11.0. The summed E-state index contributed by atoms with van der Waals surface area (Å²) in [6.07, 6.45) is 2.29. The Hall–Kier alpha value is -1.62. The number of aryl methyl sites for hydroxylation is 1. The van der Waals surface area contributed by atoms with E-state index < -0.39 is 0 Å². The van der Waals surface area contributed by atoms with Gasteiger partial charge in [-0.25, -0.2) is 0 Å². The lowest BCUT2D eigenvalue weighted by atomic mass is 10.1. The van der Waals surface area contributed by atoms with E-state index in [4.69, 9.17) is 0 Å². The van der Waals surface area contributed by atoms with Crippen molar-refractivity contribution in [1.82, 2.24) is 5.32 Å². The Bertz CT molecular complexity index is 448. The number of nitro groups is 1. The summed E-state index contributed by atoms with van der Waals surface area (Å²) < 4.78 is 0. The molecule has 98 valence electrons. The fourth-order valence-electron chi connectivity index (χ4n) is 2.60. The first-order valence-electron chi connectivity index (χ1n) is 6.29. The Balaban J connectivity index is 2.27. The Morgan fingerprint density at radius 3 is 3.00 bits per heavy atom. The van der Waals surface area contributed by atoms with Crippen molar-refractivity contribution < 1.29 is 4.92 Å². The fourth-order valence-corrected chi connectivity index (χ4v) is 2.60. The summed E-state index contributed by atoms with van der Waals surface area (Å²) in [5.74, 6) is 0. The molecule has 5 heteroatoms. The van der Waals surface area contributed by atoms with E-state index >= 15 is 0 Å². The van der Waals surface area contributed by atoms with E-state index in [1.807, 2.05) is 19.2 Å².